The molecule has 2 aliphatic heterocycles. The molecule has 0 aliphatic carbocycles. The molecule has 10 nitrogen and oxygen atoms in total. The fourth-order valence-electron chi connectivity index (χ4n) is 3.17. The molecule has 0 bridgehead atoms. The largest absolute Gasteiger partial charge is 0.545 e. The zero-order valence-electron chi connectivity index (χ0n) is 15.9. The minimum atomic E-state index is -4.05. The van der Waals surface area contributed by atoms with Crippen molar-refractivity contribution in [2.24, 2.45) is 0 Å². The Hall–Kier alpha value is -1.83. The molecule has 0 radical (unpaired) electrons. The van der Waals surface area contributed by atoms with Gasteiger partial charge >= 0.3 is 0 Å². The first-order chi connectivity index (χ1) is 14.1. The lowest BCUT2D eigenvalue weighted by Crippen LogP contribution is -2.38. The molecule has 1 amide bonds. The fourth-order valence-corrected chi connectivity index (χ4v) is 4.44. The number of unbranched alkanes of at least 4 members (excludes halogenated alkanes) is 1. The van der Waals surface area contributed by atoms with Crippen LogP contribution in [-0.4, -0.2) is 72.7 Å². The lowest BCUT2D eigenvalue weighted by atomic mass is 10.2. The molecule has 2 fully saturated rings. The number of aliphatic hydroxyl groups excluding tert-OH is 1. The van der Waals surface area contributed by atoms with Crippen molar-refractivity contribution in [3.8, 4) is 0 Å². The van der Waals surface area contributed by atoms with Crippen LogP contribution < -0.4 is 4.90 Å². The molecule has 30 heavy (non-hydrogen) atoms. The van der Waals surface area contributed by atoms with E-state index in [4.69, 9.17) is 28.4 Å². The van der Waals surface area contributed by atoms with Crippen molar-refractivity contribution >= 4 is 50.8 Å². The highest BCUT2D eigenvalue weighted by Crippen LogP contribution is 2.36. The molecule has 3 rings (SSSR count). The van der Waals surface area contributed by atoms with Gasteiger partial charge in [-0.05, 0) is 62.3 Å². The Balaban J connectivity index is 1.93. The van der Waals surface area contributed by atoms with Gasteiger partial charge < -0.3 is 14.7 Å². The van der Waals surface area contributed by atoms with Crippen molar-refractivity contribution in [1.29, 1.82) is 0 Å². The summed E-state index contributed by atoms with van der Waals surface area (Å²) in [5.41, 5.74) is -0.485. The highest BCUT2D eigenvalue weighted by molar-refractivity contribution is 7.85. The highest BCUT2D eigenvalue weighted by Gasteiger charge is 2.46. The Bertz CT molecular complexity index is 956. The van der Waals surface area contributed by atoms with Crippen molar-refractivity contribution in [2.45, 2.75) is 31.6 Å². The van der Waals surface area contributed by atoms with E-state index in [0.29, 0.717) is 24.5 Å². The molecule has 2 unspecified atom stereocenters. The van der Waals surface area contributed by atoms with Crippen LogP contribution in [-0.2, 0) is 14.9 Å². The molecule has 1 aromatic heterocycles. The van der Waals surface area contributed by atoms with E-state index < -0.39 is 27.8 Å². The van der Waals surface area contributed by atoms with Crippen LogP contribution >= 0.6 is 23.8 Å². The number of aromatic nitrogens is 1. The lowest BCUT2D eigenvalue weighted by Gasteiger charge is -2.27. The summed E-state index contributed by atoms with van der Waals surface area (Å²) < 4.78 is 34.8. The summed E-state index contributed by atoms with van der Waals surface area (Å²) in [6.45, 7) is 3.23. The third kappa shape index (κ3) is 4.74. The van der Waals surface area contributed by atoms with Crippen molar-refractivity contribution in [3.63, 3.8) is 0 Å². The number of nitrogens with zero attached hydrogens (tertiary/aromatic N) is 4. The van der Waals surface area contributed by atoms with Gasteiger partial charge in [-0.2, -0.15) is 8.42 Å². The molecule has 3 N–H and O–H groups in total. The summed E-state index contributed by atoms with van der Waals surface area (Å²) >= 11 is 11.8. The monoisotopic (exact) mass is 476 g/mol. The van der Waals surface area contributed by atoms with E-state index in [2.05, 4.69) is 9.72 Å². The maximum absolute atomic E-state index is 13.3. The normalized spacial score (nSPS) is 23.6. The van der Waals surface area contributed by atoms with E-state index in [1.807, 2.05) is 0 Å². The predicted molar refractivity (Wildman–Crippen MR) is 113 cm³/mol. The Labute approximate surface area is 184 Å². The van der Waals surface area contributed by atoms with Gasteiger partial charge in [-0.25, -0.2) is 9.88 Å². The Morgan fingerprint density at radius 3 is 2.73 bits per heavy atom. The molecule has 3 heterocycles. The first kappa shape index (κ1) is 22.8. The van der Waals surface area contributed by atoms with Gasteiger partial charge in [0.05, 0.1) is 5.75 Å². The van der Waals surface area contributed by atoms with Crippen LogP contribution in [0.25, 0.3) is 0 Å². The van der Waals surface area contributed by atoms with Crippen molar-refractivity contribution in [1.82, 2.24) is 14.8 Å². The van der Waals surface area contributed by atoms with Gasteiger partial charge in [-0.1, -0.05) is 6.07 Å². The van der Waals surface area contributed by atoms with Crippen LogP contribution in [0, 0.1) is 6.73 Å². The second-order valence-electron chi connectivity index (χ2n) is 6.63. The summed E-state index contributed by atoms with van der Waals surface area (Å²) in [6, 6.07) is 5.03. The molecule has 164 valence electrons. The molecule has 2 saturated heterocycles. The number of carbonyl (C=O) groups is 1. The number of amides is 1. The minimum absolute atomic E-state index is 0.0540. The number of hydrogen-bond donors (Lipinski definition) is 2. The molecule has 13 heteroatoms. The Morgan fingerprint density at radius 2 is 2.13 bits per heavy atom. The number of ether oxygens (including phenoxy) is 1. The Morgan fingerprint density at radius 1 is 1.40 bits per heavy atom. The van der Waals surface area contributed by atoms with E-state index in [-0.39, 0.29) is 23.0 Å². The second-order valence-corrected chi connectivity index (χ2v) is 8.98. The van der Waals surface area contributed by atoms with Crippen LogP contribution in [0.15, 0.2) is 35.8 Å². The first-order valence-corrected chi connectivity index (χ1v) is 11.5. The van der Waals surface area contributed by atoms with Crippen LogP contribution in [0.5, 0.6) is 0 Å². The number of pyridine rings is 1. The molecule has 2 atom stereocenters. The third-order valence-electron chi connectivity index (χ3n) is 4.46. The number of hydrogen-bond acceptors (Lipinski definition) is 7. The zero-order valence-corrected chi connectivity index (χ0v) is 18.3. The SMILES string of the molecule is CC(O)N1C(=S)N(c2ccccn2)C(=O)C1=C1C(Cl)[OH+][CH-]N1CCCCS(=O)(=O)O. The van der Waals surface area contributed by atoms with Crippen molar-refractivity contribution in [2.75, 3.05) is 17.2 Å². The number of rotatable bonds is 7. The molecule has 0 spiro atoms. The summed E-state index contributed by atoms with van der Waals surface area (Å²) in [4.78, 5) is 21.6. The summed E-state index contributed by atoms with van der Waals surface area (Å²) in [5.74, 6) is -0.572. The molecular weight excluding hydrogens is 456 g/mol. The number of halogens is 1. The van der Waals surface area contributed by atoms with Crippen LogP contribution in [0.4, 0.5) is 5.82 Å². The number of carbonyl (C=O) groups excluding carboxylic acids is 1. The number of anilines is 1. The quantitative estimate of drug-likeness (QED) is 0.111. The van der Waals surface area contributed by atoms with Gasteiger partial charge in [0.1, 0.15) is 23.4 Å². The van der Waals surface area contributed by atoms with E-state index in [9.17, 15) is 18.3 Å². The minimum Gasteiger partial charge on any atom is -0.545 e. The first-order valence-electron chi connectivity index (χ1n) is 9.02. The molecule has 0 aromatic carbocycles. The van der Waals surface area contributed by atoms with Crippen molar-refractivity contribution < 1.29 is 27.6 Å². The van der Waals surface area contributed by atoms with Gasteiger partial charge in [-0.3, -0.25) is 14.2 Å². The third-order valence-corrected chi connectivity index (χ3v) is 5.97. The average molecular weight is 477 g/mol. The van der Waals surface area contributed by atoms with Gasteiger partial charge in [0.25, 0.3) is 16.0 Å². The van der Waals surface area contributed by atoms with E-state index in [1.165, 1.54) is 29.7 Å². The molecular formula is C17H21ClN4O6S2. The average Bonchev–Trinajstić information content (AvgIpc) is 3.15. The van der Waals surface area contributed by atoms with E-state index >= 15 is 0 Å². The summed E-state index contributed by atoms with van der Waals surface area (Å²) in [5, 5.41) is 10.4. The Kier molecular flexibility index (Phi) is 6.95. The fraction of sp³-hybridized carbons (Fsp3) is 0.412. The number of thiocarbonyl (C=S) groups is 1. The topological polar surface area (TPSA) is 127 Å². The molecule has 2 aliphatic rings. The van der Waals surface area contributed by atoms with E-state index in [0.717, 1.165) is 0 Å². The summed E-state index contributed by atoms with van der Waals surface area (Å²) in [7, 11) is -4.05. The van der Waals surface area contributed by atoms with E-state index in [1.54, 1.807) is 23.1 Å². The smallest absolute Gasteiger partial charge is 0.284 e. The zero-order chi connectivity index (χ0) is 22.1. The standard InChI is InChI=1S/C17H21ClN4O6S2/c1-11(23)21-14(16(24)22(17(21)29)12-6-2-3-7-19-12)13-15(18)28-10-20(13)8-4-5-9-30(25,26)27/h2-3,6-7,10-11,15,23,28H,4-5,8-9H2,1H3,(H,25,26,27). The van der Waals surface area contributed by atoms with Gasteiger partial charge in [-0.15, -0.1) is 0 Å². The van der Waals surface area contributed by atoms with Gasteiger partial charge in [0, 0.05) is 12.9 Å². The molecule has 1 aromatic rings. The van der Waals surface area contributed by atoms with Gasteiger partial charge in [0.2, 0.25) is 5.56 Å². The maximum atomic E-state index is 13.3. The lowest BCUT2D eigenvalue weighted by molar-refractivity contribution is -0.115. The van der Waals surface area contributed by atoms with Crippen LogP contribution in [0.3, 0.4) is 0 Å². The number of aliphatic hydroxyl groups is 3. The second kappa shape index (κ2) is 9.12. The maximum Gasteiger partial charge on any atom is 0.284 e. The molecule has 0 saturated carbocycles. The summed E-state index contributed by atoms with van der Waals surface area (Å²) in [6.07, 6.45) is 1.01. The highest BCUT2D eigenvalue weighted by atomic mass is 35.5. The van der Waals surface area contributed by atoms with Gasteiger partial charge in [0.15, 0.2) is 5.11 Å². The predicted octanol–water partition coefficient (Wildman–Crippen LogP) is 0.761. The van der Waals surface area contributed by atoms with Crippen LogP contribution in [0.2, 0.25) is 0 Å². The number of alkyl halides is 1. The van der Waals surface area contributed by atoms with Crippen LogP contribution in [0.1, 0.15) is 19.8 Å². The van der Waals surface area contributed by atoms with Crippen molar-refractivity contribution in [3.05, 3.63) is 42.5 Å².